The zero-order valence-electron chi connectivity index (χ0n) is 13.3. The fourth-order valence-corrected chi connectivity index (χ4v) is 2.12. The maximum atomic E-state index is 10.9. The van der Waals surface area contributed by atoms with E-state index in [9.17, 15) is 4.79 Å². The second-order valence-electron chi connectivity index (χ2n) is 5.24. The monoisotopic (exact) mass is 315 g/mol. The molecule has 0 aliphatic carbocycles. The average molecular weight is 315 g/mol. The van der Waals surface area contributed by atoms with Crippen molar-refractivity contribution in [1.29, 1.82) is 0 Å². The van der Waals surface area contributed by atoms with Crippen molar-refractivity contribution in [3.8, 4) is 0 Å². The molecule has 2 rings (SSSR count). The van der Waals surface area contributed by atoms with Crippen molar-refractivity contribution in [2.45, 2.75) is 19.8 Å². The van der Waals surface area contributed by atoms with E-state index >= 15 is 0 Å². The molecule has 7 heteroatoms. The van der Waals surface area contributed by atoms with Crippen molar-refractivity contribution in [3.63, 3.8) is 0 Å². The molecule has 0 aliphatic rings. The van der Waals surface area contributed by atoms with E-state index in [1.54, 1.807) is 12.1 Å². The SMILES string of the molecule is CCCCN(C)c1ncnc(Nc2ccc(C(=O)O)cc2)c1N. The molecule has 7 nitrogen and oxygen atoms in total. The van der Waals surface area contributed by atoms with Crippen LogP contribution in [0.15, 0.2) is 30.6 Å². The largest absolute Gasteiger partial charge is 0.478 e. The number of nitrogens with zero attached hydrogens (tertiary/aromatic N) is 3. The number of aromatic nitrogens is 2. The number of nitrogens with one attached hydrogen (secondary N) is 1. The van der Waals surface area contributed by atoms with Crippen molar-refractivity contribution in [2.24, 2.45) is 0 Å². The van der Waals surface area contributed by atoms with E-state index in [0.29, 0.717) is 23.0 Å². The van der Waals surface area contributed by atoms with Crippen LogP contribution in [0.1, 0.15) is 30.1 Å². The molecular weight excluding hydrogens is 294 g/mol. The third-order valence-corrected chi connectivity index (χ3v) is 3.47. The van der Waals surface area contributed by atoms with Crippen molar-refractivity contribution in [1.82, 2.24) is 9.97 Å². The highest BCUT2D eigenvalue weighted by Gasteiger charge is 2.12. The lowest BCUT2D eigenvalue weighted by molar-refractivity contribution is 0.0697. The Bertz CT molecular complexity index is 673. The molecule has 0 spiro atoms. The summed E-state index contributed by atoms with van der Waals surface area (Å²) in [5.74, 6) is 0.220. The molecule has 0 bridgehead atoms. The normalized spacial score (nSPS) is 10.3. The van der Waals surface area contributed by atoms with Crippen LogP contribution in [0, 0.1) is 0 Å². The van der Waals surface area contributed by atoms with Crippen LogP contribution in [0.5, 0.6) is 0 Å². The lowest BCUT2D eigenvalue weighted by Gasteiger charge is -2.20. The van der Waals surface area contributed by atoms with Crippen LogP contribution in [-0.4, -0.2) is 34.6 Å². The molecule has 2 aromatic rings. The van der Waals surface area contributed by atoms with Gasteiger partial charge in [-0.05, 0) is 30.7 Å². The molecule has 23 heavy (non-hydrogen) atoms. The van der Waals surface area contributed by atoms with Gasteiger partial charge in [0.1, 0.15) is 12.0 Å². The van der Waals surface area contributed by atoms with Crippen molar-refractivity contribution < 1.29 is 9.90 Å². The quantitative estimate of drug-likeness (QED) is 0.721. The van der Waals surface area contributed by atoms with Crippen LogP contribution in [0.2, 0.25) is 0 Å². The topological polar surface area (TPSA) is 104 Å². The zero-order valence-corrected chi connectivity index (χ0v) is 13.3. The van der Waals surface area contributed by atoms with Crippen LogP contribution in [0.4, 0.5) is 23.0 Å². The summed E-state index contributed by atoms with van der Waals surface area (Å²) in [6.07, 6.45) is 3.61. The van der Waals surface area contributed by atoms with Gasteiger partial charge in [0, 0.05) is 19.3 Å². The standard InChI is InChI=1S/C16H21N5O2/c1-3-4-9-21(2)15-13(17)14(18-10-19-15)20-12-7-5-11(6-8-12)16(22)23/h5-8,10H,3-4,9,17H2,1-2H3,(H,22,23)(H,18,19,20). The molecule has 122 valence electrons. The Balaban J connectivity index is 2.18. The molecule has 0 amide bonds. The minimum absolute atomic E-state index is 0.228. The predicted octanol–water partition coefficient (Wildman–Crippen LogP) is 2.74. The lowest BCUT2D eigenvalue weighted by Crippen LogP contribution is -2.21. The number of hydrogen-bond acceptors (Lipinski definition) is 6. The van der Waals surface area contributed by atoms with Gasteiger partial charge in [0.05, 0.1) is 5.56 Å². The second kappa shape index (κ2) is 7.44. The van der Waals surface area contributed by atoms with E-state index < -0.39 is 5.97 Å². The van der Waals surface area contributed by atoms with E-state index in [0.717, 1.165) is 19.4 Å². The van der Waals surface area contributed by atoms with Gasteiger partial charge in [-0.3, -0.25) is 0 Å². The molecule has 0 aliphatic heterocycles. The summed E-state index contributed by atoms with van der Waals surface area (Å²) in [6.45, 7) is 3.00. The van der Waals surface area contributed by atoms with E-state index in [4.69, 9.17) is 10.8 Å². The fourth-order valence-electron chi connectivity index (χ4n) is 2.12. The highest BCUT2D eigenvalue weighted by Crippen LogP contribution is 2.28. The first-order valence-electron chi connectivity index (χ1n) is 7.45. The number of hydrogen-bond donors (Lipinski definition) is 3. The first-order valence-corrected chi connectivity index (χ1v) is 7.45. The van der Waals surface area contributed by atoms with Crippen molar-refractivity contribution in [2.75, 3.05) is 29.5 Å². The van der Waals surface area contributed by atoms with Crippen LogP contribution in [0.3, 0.4) is 0 Å². The molecule has 1 aromatic carbocycles. The zero-order chi connectivity index (χ0) is 16.8. The van der Waals surface area contributed by atoms with Gasteiger partial charge in [-0.25, -0.2) is 14.8 Å². The van der Waals surface area contributed by atoms with Gasteiger partial charge < -0.3 is 21.1 Å². The van der Waals surface area contributed by atoms with Gasteiger partial charge in [-0.1, -0.05) is 13.3 Å². The predicted molar refractivity (Wildman–Crippen MR) is 91.3 cm³/mol. The smallest absolute Gasteiger partial charge is 0.335 e. The lowest BCUT2D eigenvalue weighted by atomic mass is 10.2. The molecule has 4 N–H and O–H groups in total. The molecule has 0 fully saturated rings. The fraction of sp³-hybridized carbons (Fsp3) is 0.312. The summed E-state index contributed by atoms with van der Waals surface area (Å²) in [6, 6.07) is 6.39. The molecular formula is C16H21N5O2. The number of nitrogens with two attached hydrogens (primary N) is 1. The summed E-state index contributed by atoms with van der Waals surface area (Å²) in [5.41, 5.74) is 7.56. The van der Waals surface area contributed by atoms with Gasteiger partial charge >= 0.3 is 5.97 Å². The highest BCUT2D eigenvalue weighted by molar-refractivity contribution is 5.88. The summed E-state index contributed by atoms with van der Waals surface area (Å²) in [5, 5.41) is 12.0. The van der Waals surface area contributed by atoms with Gasteiger partial charge in [-0.15, -0.1) is 0 Å². The maximum absolute atomic E-state index is 10.9. The van der Waals surface area contributed by atoms with E-state index in [1.165, 1.54) is 18.5 Å². The molecule has 1 heterocycles. The van der Waals surface area contributed by atoms with Crippen LogP contribution in [-0.2, 0) is 0 Å². The molecule has 0 unspecified atom stereocenters. The van der Waals surface area contributed by atoms with Gasteiger partial charge in [0.15, 0.2) is 11.6 Å². The molecule has 0 atom stereocenters. The molecule has 0 radical (unpaired) electrons. The van der Waals surface area contributed by atoms with E-state index in [-0.39, 0.29) is 5.56 Å². The molecule has 0 saturated carbocycles. The number of benzene rings is 1. The van der Waals surface area contributed by atoms with Crippen LogP contribution >= 0.6 is 0 Å². The Labute approximate surface area is 135 Å². The second-order valence-corrected chi connectivity index (χ2v) is 5.24. The Hall–Kier alpha value is -2.83. The number of aromatic carboxylic acids is 1. The molecule has 0 saturated heterocycles. The summed E-state index contributed by atoms with van der Waals surface area (Å²) < 4.78 is 0. The Morgan fingerprint density at radius 2 is 2.00 bits per heavy atom. The number of carboxylic acids is 1. The van der Waals surface area contributed by atoms with E-state index in [1.807, 2.05) is 11.9 Å². The van der Waals surface area contributed by atoms with Gasteiger partial charge in [-0.2, -0.15) is 0 Å². The number of unbranched alkanes of at least 4 members (excludes halogenated alkanes) is 1. The highest BCUT2D eigenvalue weighted by atomic mass is 16.4. The van der Waals surface area contributed by atoms with Gasteiger partial charge in [0.25, 0.3) is 0 Å². The number of carboxylic acid groups (broad SMARTS) is 1. The minimum Gasteiger partial charge on any atom is -0.478 e. The first kappa shape index (κ1) is 16.5. The Morgan fingerprint density at radius 1 is 1.30 bits per heavy atom. The Morgan fingerprint density at radius 3 is 2.61 bits per heavy atom. The van der Waals surface area contributed by atoms with Crippen molar-refractivity contribution in [3.05, 3.63) is 36.2 Å². The number of carbonyl (C=O) groups is 1. The minimum atomic E-state index is -0.960. The van der Waals surface area contributed by atoms with Crippen molar-refractivity contribution >= 4 is 29.0 Å². The summed E-state index contributed by atoms with van der Waals surface area (Å²) >= 11 is 0. The third kappa shape index (κ3) is 4.09. The van der Waals surface area contributed by atoms with E-state index in [2.05, 4.69) is 22.2 Å². The number of rotatable bonds is 7. The van der Waals surface area contributed by atoms with Gasteiger partial charge in [0.2, 0.25) is 0 Å². The average Bonchev–Trinajstić information content (AvgIpc) is 2.55. The first-order chi connectivity index (χ1) is 11.0. The number of anilines is 4. The maximum Gasteiger partial charge on any atom is 0.335 e. The summed E-state index contributed by atoms with van der Waals surface area (Å²) in [4.78, 5) is 21.3. The van der Waals surface area contributed by atoms with Crippen LogP contribution < -0.4 is 16.0 Å². The summed E-state index contributed by atoms with van der Waals surface area (Å²) in [7, 11) is 1.94. The molecule has 1 aromatic heterocycles. The third-order valence-electron chi connectivity index (χ3n) is 3.47. The van der Waals surface area contributed by atoms with Crippen LogP contribution in [0.25, 0.3) is 0 Å². The Kier molecular flexibility index (Phi) is 5.35. The number of nitrogen functional groups attached to an aromatic ring is 1.